The van der Waals surface area contributed by atoms with Gasteiger partial charge < -0.3 is 35.6 Å². The molecule has 0 aliphatic rings. The zero-order valence-corrected chi connectivity index (χ0v) is 28.0. The number of methoxy groups -OCH3 is 1. The van der Waals surface area contributed by atoms with E-state index in [0.29, 0.717) is 29.2 Å². The van der Waals surface area contributed by atoms with Crippen molar-refractivity contribution in [3.63, 3.8) is 0 Å². The van der Waals surface area contributed by atoms with Gasteiger partial charge in [-0.05, 0) is 47.4 Å². The number of urea groups is 2. The van der Waals surface area contributed by atoms with Crippen LogP contribution in [0.1, 0.15) is 29.2 Å². The van der Waals surface area contributed by atoms with Crippen LogP contribution < -0.4 is 20.7 Å². The predicted octanol–water partition coefficient (Wildman–Crippen LogP) is 6.15. The number of hydrogen-bond acceptors (Lipinski definition) is 5. The van der Waals surface area contributed by atoms with E-state index in [0.717, 1.165) is 16.7 Å². The molecule has 11 heteroatoms. The van der Waals surface area contributed by atoms with Crippen molar-refractivity contribution in [2.45, 2.75) is 33.4 Å². The Balaban J connectivity index is 1.48. The number of nitrogens with zero attached hydrogens (tertiary/aromatic N) is 2. The van der Waals surface area contributed by atoms with Gasteiger partial charge in [-0.25, -0.2) is 9.59 Å². The third kappa shape index (κ3) is 11.1. The van der Waals surface area contributed by atoms with Crippen molar-refractivity contribution in [3.05, 3.63) is 125 Å². The molecule has 4 N–H and O–H groups in total. The number of benzene rings is 4. The Morgan fingerprint density at radius 1 is 0.735 bits per heavy atom. The summed E-state index contributed by atoms with van der Waals surface area (Å²) >= 11 is 0. The fraction of sp³-hybridized carbons (Fsp3) is 0.263. The van der Waals surface area contributed by atoms with E-state index in [9.17, 15) is 24.3 Å². The summed E-state index contributed by atoms with van der Waals surface area (Å²) in [5, 5.41) is 17.7. The third-order valence-electron chi connectivity index (χ3n) is 7.96. The van der Waals surface area contributed by atoms with E-state index < -0.39 is 23.9 Å². The van der Waals surface area contributed by atoms with Crippen molar-refractivity contribution < 1.29 is 29.0 Å². The third-order valence-corrected chi connectivity index (χ3v) is 7.96. The molecule has 49 heavy (non-hydrogen) atoms. The van der Waals surface area contributed by atoms with Gasteiger partial charge in [-0.1, -0.05) is 91.9 Å². The van der Waals surface area contributed by atoms with Gasteiger partial charge in [-0.2, -0.15) is 0 Å². The topological polar surface area (TPSA) is 140 Å². The zero-order chi connectivity index (χ0) is 35.2. The number of nitrogens with one attached hydrogen (secondary N) is 3. The number of carbonyl (C=O) groups excluding carboxylic acids is 3. The number of aryl methyl sites for hydroxylation is 1. The number of rotatable bonds is 15. The highest BCUT2D eigenvalue weighted by Crippen LogP contribution is 2.27. The second-order valence-corrected chi connectivity index (χ2v) is 11.7. The SMILES string of the molecule is COc1cc(CC(=O)N(CCN(Cc2ccccc2)C(=O)NCC(C)C(=O)O)Cc2ccccc2)ccc1NC(=O)Nc1ccccc1C. The van der Waals surface area contributed by atoms with Crippen molar-refractivity contribution in [2.24, 2.45) is 5.92 Å². The molecule has 4 rings (SSSR count). The minimum Gasteiger partial charge on any atom is -0.495 e. The number of hydrogen-bond donors (Lipinski definition) is 4. The van der Waals surface area contributed by atoms with Gasteiger partial charge in [0, 0.05) is 38.4 Å². The van der Waals surface area contributed by atoms with Crippen molar-refractivity contribution in [2.75, 3.05) is 37.4 Å². The van der Waals surface area contributed by atoms with Crippen LogP contribution in [0.4, 0.5) is 21.0 Å². The number of aliphatic carboxylic acids is 1. The van der Waals surface area contributed by atoms with Crippen molar-refractivity contribution >= 4 is 35.3 Å². The Bertz CT molecular complexity index is 1720. The van der Waals surface area contributed by atoms with E-state index >= 15 is 0 Å². The molecule has 0 aromatic heterocycles. The maximum absolute atomic E-state index is 13.9. The Kier molecular flexibility index (Phi) is 13.2. The molecule has 4 aromatic rings. The molecule has 0 saturated heterocycles. The summed E-state index contributed by atoms with van der Waals surface area (Å²) in [6.45, 7) is 4.47. The lowest BCUT2D eigenvalue weighted by Crippen LogP contribution is -2.46. The van der Waals surface area contributed by atoms with Gasteiger partial charge in [0.1, 0.15) is 5.75 Å². The van der Waals surface area contributed by atoms with E-state index in [1.54, 1.807) is 28.0 Å². The second-order valence-electron chi connectivity index (χ2n) is 11.7. The number of amides is 5. The summed E-state index contributed by atoms with van der Waals surface area (Å²) in [5.41, 5.74) is 4.58. The van der Waals surface area contributed by atoms with Crippen LogP contribution >= 0.6 is 0 Å². The van der Waals surface area contributed by atoms with Gasteiger partial charge in [-0.3, -0.25) is 9.59 Å². The normalized spacial score (nSPS) is 11.2. The predicted molar refractivity (Wildman–Crippen MR) is 189 cm³/mol. The van der Waals surface area contributed by atoms with Crippen LogP contribution in [0.15, 0.2) is 103 Å². The van der Waals surface area contributed by atoms with E-state index in [-0.39, 0.29) is 38.5 Å². The molecular formula is C38H43N5O6. The standard InChI is InChI=1S/C38H43N5O6/c1-27-12-10-11-17-32(27)40-37(47)41-33-19-18-31(22-34(33)49-3)23-35(44)42(25-29-13-6-4-7-14-29)20-21-43(26-30-15-8-5-9-16-30)38(48)39-24-28(2)36(45)46/h4-19,22,28H,20-21,23-26H2,1-3H3,(H,39,48)(H,45,46)(H2,40,41,47). The summed E-state index contributed by atoms with van der Waals surface area (Å²) < 4.78 is 5.56. The first-order chi connectivity index (χ1) is 23.6. The number of anilines is 2. The number of carboxylic acids is 1. The Labute approximate surface area is 286 Å². The second kappa shape index (κ2) is 17.9. The molecule has 0 bridgehead atoms. The van der Waals surface area contributed by atoms with Crippen LogP contribution in [0, 0.1) is 12.8 Å². The van der Waals surface area contributed by atoms with Crippen LogP contribution in [0.25, 0.3) is 0 Å². The highest BCUT2D eigenvalue weighted by atomic mass is 16.5. The van der Waals surface area contributed by atoms with Gasteiger partial charge in [0.15, 0.2) is 0 Å². The zero-order valence-electron chi connectivity index (χ0n) is 28.0. The molecule has 11 nitrogen and oxygen atoms in total. The minimum absolute atomic E-state index is 0.0215. The number of ether oxygens (including phenoxy) is 1. The molecule has 0 aliphatic carbocycles. The quantitative estimate of drug-likeness (QED) is 0.120. The fourth-order valence-corrected chi connectivity index (χ4v) is 5.06. The van der Waals surface area contributed by atoms with Gasteiger partial charge in [-0.15, -0.1) is 0 Å². The summed E-state index contributed by atoms with van der Waals surface area (Å²) in [6.07, 6.45) is 0.0554. The largest absolute Gasteiger partial charge is 0.495 e. The first-order valence-electron chi connectivity index (χ1n) is 16.0. The average Bonchev–Trinajstić information content (AvgIpc) is 3.10. The highest BCUT2D eigenvalue weighted by Gasteiger charge is 2.21. The fourth-order valence-electron chi connectivity index (χ4n) is 5.06. The van der Waals surface area contributed by atoms with Crippen molar-refractivity contribution in [3.8, 4) is 5.75 Å². The monoisotopic (exact) mass is 665 g/mol. The summed E-state index contributed by atoms with van der Waals surface area (Å²) in [4.78, 5) is 54.5. The van der Waals surface area contributed by atoms with Crippen LogP contribution in [-0.4, -0.2) is 65.6 Å². The van der Waals surface area contributed by atoms with E-state index in [2.05, 4.69) is 16.0 Å². The molecule has 1 unspecified atom stereocenters. The first kappa shape index (κ1) is 36.0. The van der Waals surface area contributed by atoms with E-state index in [1.807, 2.05) is 91.9 Å². The molecule has 4 aromatic carbocycles. The summed E-state index contributed by atoms with van der Waals surface area (Å²) in [5.74, 6) is -1.51. The molecule has 0 radical (unpaired) electrons. The van der Waals surface area contributed by atoms with Crippen molar-refractivity contribution in [1.29, 1.82) is 0 Å². The van der Waals surface area contributed by atoms with E-state index in [4.69, 9.17) is 4.74 Å². The number of para-hydroxylation sites is 1. The van der Waals surface area contributed by atoms with Gasteiger partial charge in [0.2, 0.25) is 5.91 Å². The Morgan fingerprint density at radius 3 is 1.92 bits per heavy atom. The molecule has 0 aliphatic heterocycles. The smallest absolute Gasteiger partial charge is 0.323 e. The lowest BCUT2D eigenvalue weighted by atomic mass is 10.1. The highest BCUT2D eigenvalue weighted by molar-refractivity contribution is 6.01. The van der Waals surface area contributed by atoms with Crippen LogP contribution in [0.2, 0.25) is 0 Å². The van der Waals surface area contributed by atoms with Gasteiger partial charge in [0.05, 0.1) is 25.1 Å². The molecule has 5 amide bonds. The average molecular weight is 666 g/mol. The molecule has 0 spiro atoms. The molecule has 0 heterocycles. The van der Waals surface area contributed by atoms with Crippen LogP contribution in [0.3, 0.4) is 0 Å². The van der Waals surface area contributed by atoms with Crippen LogP contribution in [-0.2, 0) is 29.1 Å². The lowest BCUT2D eigenvalue weighted by molar-refractivity contribution is -0.140. The summed E-state index contributed by atoms with van der Waals surface area (Å²) in [7, 11) is 1.50. The maximum atomic E-state index is 13.9. The molecule has 0 fully saturated rings. The number of carbonyl (C=O) groups is 4. The van der Waals surface area contributed by atoms with Crippen molar-refractivity contribution in [1.82, 2.24) is 15.1 Å². The Morgan fingerprint density at radius 2 is 1.31 bits per heavy atom. The molecule has 0 saturated carbocycles. The molecule has 1 atom stereocenters. The molecule has 256 valence electrons. The lowest BCUT2D eigenvalue weighted by Gasteiger charge is -2.29. The van der Waals surface area contributed by atoms with E-state index in [1.165, 1.54) is 14.0 Å². The van der Waals surface area contributed by atoms with Gasteiger partial charge in [0.25, 0.3) is 0 Å². The van der Waals surface area contributed by atoms with Gasteiger partial charge >= 0.3 is 18.0 Å². The Hall–Kier alpha value is -5.84. The number of carboxylic acid groups (broad SMARTS) is 1. The van der Waals surface area contributed by atoms with Crippen LogP contribution in [0.5, 0.6) is 5.75 Å². The molecular weight excluding hydrogens is 622 g/mol. The minimum atomic E-state index is -1.000. The maximum Gasteiger partial charge on any atom is 0.323 e. The summed E-state index contributed by atoms with van der Waals surface area (Å²) in [6, 6.07) is 30.9. The first-order valence-corrected chi connectivity index (χ1v) is 16.0.